The van der Waals surface area contributed by atoms with Crippen LogP contribution in [0.1, 0.15) is 44.2 Å². The highest BCUT2D eigenvalue weighted by molar-refractivity contribution is 5.78. The second-order valence-corrected chi connectivity index (χ2v) is 5.44. The van der Waals surface area contributed by atoms with E-state index in [0.29, 0.717) is 6.42 Å². The summed E-state index contributed by atoms with van der Waals surface area (Å²) in [6, 6.07) is 20.9. The van der Waals surface area contributed by atoms with E-state index in [4.69, 9.17) is 0 Å². The molecule has 0 aliphatic carbocycles. The van der Waals surface area contributed by atoms with Crippen LogP contribution in [0.4, 0.5) is 0 Å². The zero-order valence-electron chi connectivity index (χ0n) is 12.3. The Kier molecular flexibility index (Phi) is 4.73. The topological polar surface area (TPSA) is 17.1 Å². The van der Waals surface area contributed by atoms with Crippen molar-refractivity contribution in [3.8, 4) is 0 Å². The monoisotopic (exact) mass is 266 g/mol. The van der Waals surface area contributed by atoms with Crippen molar-refractivity contribution in [3.05, 3.63) is 71.8 Å². The molecule has 1 heteroatoms. The molecule has 0 unspecified atom stereocenters. The van der Waals surface area contributed by atoms with Gasteiger partial charge in [0.05, 0.1) is 0 Å². The van der Waals surface area contributed by atoms with Crippen LogP contribution in [0.5, 0.6) is 0 Å². The van der Waals surface area contributed by atoms with E-state index in [9.17, 15) is 4.79 Å². The second-order valence-electron chi connectivity index (χ2n) is 5.44. The minimum Gasteiger partial charge on any atom is -0.300 e. The predicted octanol–water partition coefficient (Wildman–Crippen LogP) is 4.75. The van der Waals surface area contributed by atoms with Gasteiger partial charge in [-0.1, -0.05) is 74.0 Å². The van der Waals surface area contributed by atoms with Crippen molar-refractivity contribution in [1.29, 1.82) is 0 Å². The van der Waals surface area contributed by atoms with Gasteiger partial charge in [0.15, 0.2) is 0 Å². The zero-order valence-corrected chi connectivity index (χ0v) is 12.3. The third-order valence-corrected chi connectivity index (χ3v) is 3.88. The molecule has 0 atom stereocenters. The van der Waals surface area contributed by atoms with Crippen molar-refractivity contribution >= 4 is 5.78 Å². The predicted molar refractivity (Wildman–Crippen MR) is 83.9 cm³/mol. The smallest absolute Gasteiger partial charge is 0.131 e. The minimum absolute atomic E-state index is 0.191. The second kappa shape index (κ2) is 6.51. The lowest BCUT2D eigenvalue weighted by Gasteiger charge is -2.34. The maximum atomic E-state index is 11.9. The fourth-order valence-electron chi connectivity index (χ4n) is 3.11. The summed E-state index contributed by atoms with van der Waals surface area (Å²) in [5.74, 6) is 0.242. The van der Waals surface area contributed by atoms with Crippen LogP contribution in [-0.2, 0) is 10.2 Å². The first kappa shape index (κ1) is 14.5. The van der Waals surface area contributed by atoms with Gasteiger partial charge in [-0.2, -0.15) is 0 Å². The quantitative estimate of drug-likeness (QED) is 0.737. The largest absolute Gasteiger partial charge is 0.300 e. The Balaban J connectivity index is 2.59. The Morgan fingerprint density at radius 3 is 1.70 bits per heavy atom. The molecule has 0 heterocycles. The molecule has 104 valence electrons. The summed E-state index contributed by atoms with van der Waals surface area (Å²) in [4.78, 5) is 11.9. The lowest BCUT2D eigenvalue weighted by molar-refractivity contribution is -0.118. The lowest BCUT2D eigenvalue weighted by Crippen LogP contribution is -2.30. The Morgan fingerprint density at radius 1 is 0.900 bits per heavy atom. The van der Waals surface area contributed by atoms with Crippen LogP contribution in [0, 0.1) is 0 Å². The van der Waals surface area contributed by atoms with Crippen molar-refractivity contribution in [3.63, 3.8) is 0 Å². The van der Waals surface area contributed by atoms with E-state index in [1.807, 2.05) is 12.1 Å². The highest BCUT2D eigenvalue weighted by Crippen LogP contribution is 2.40. The van der Waals surface area contributed by atoms with Crippen LogP contribution in [0.3, 0.4) is 0 Å². The van der Waals surface area contributed by atoms with Crippen LogP contribution < -0.4 is 0 Å². The molecule has 0 spiro atoms. The number of Topliss-reactive ketones (excluding diaryl/α,β-unsaturated/α-hetero) is 1. The molecule has 0 fully saturated rings. The van der Waals surface area contributed by atoms with Gasteiger partial charge >= 0.3 is 0 Å². The first-order valence-corrected chi connectivity index (χ1v) is 7.29. The Bertz CT molecular complexity index is 503. The molecule has 0 aliphatic heterocycles. The first-order chi connectivity index (χ1) is 9.69. The maximum absolute atomic E-state index is 11.9. The number of rotatable bonds is 6. The third kappa shape index (κ3) is 2.98. The van der Waals surface area contributed by atoms with Crippen molar-refractivity contribution in [1.82, 2.24) is 0 Å². The van der Waals surface area contributed by atoms with Gasteiger partial charge in [0, 0.05) is 11.8 Å². The SMILES string of the molecule is CCCC(CC(C)=O)(c1ccccc1)c1ccccc1. The Hall–Kier alpha value is -1.89. The normalized spacial score (nSPS) is 11.3. The molecule has 2 rings (SSSR count). The van der Waals surface area contributed by atoms with Crippen LogP contribution in [0.2, 0.25) is 0 Å². The highest BCUT2D eigenvalue weighted by Gasteiger charge is 2.34. The molecule has 2 aromatic rings. The average Bonchev–Trinajstić information content (AvgIpc) is 2.48. The molecule has 0 aromatic heterocycles. The third-order valence-electron chi connectivity index (χ3n) is 3.88. The summed E-state index contributed by atoms with van der Waals surface area (Å²) >= 11 is 0. The maximum Gasteiger partial charge on any atom is 0.131 e. The van der Waals surface area contributed by atoms with E-state index in [2.05, 4.69) is 55.5 Å². The summed E-state index contributed by atoms with van der Waals surface area (Å²) in [6.45, 7) is 3.87. The van der Waals surface area contributed by atoms with Crippen molar-refractivity contribution < 1.29 is 4.79 Å². The molecule has 0 aliphatic rings. The summed E-state index contributed by atoms with van der Waals surface area (Å²) < 4.78 is 0. The van der Waals surface area contributed by atoms with Gasteiger partial charge in [0.25, 0.3) is 0 Å². The number of carbonyl (C=O) groups is 1. The van der Waals surface area contributed by atoms with E-state index in [0.717, 1.165) is 12.8 Å². The molecule has 0 saturated heterocycles. The van der Waals surface area contributed by atoms with E-state index in [1.54, 1.807) is 6.92 Å². The van der Waals surface area contributed by atoms with E-state index >= 15 is 0 Å². The van der Waals surface area contributed by atoms with Gasteiger partial charge in [-0.3, -0.25) is 4.79 Å². The van der Waals surface area contributed by atoms with E-state index < -0.39 is 0 Å². The Labute approximate surface area is 121 Å². The summed E-state index contributed by atoms with van der Waals surface area (Å²) in [6.07, 6.45) is 2.60. The number of hydrogen-bond donors (Lipinski definition) is 0. The summed E-state index contributed by atoms with van der Waals surface area (Å²) in [5.41, 5.74) is 2.29. The van der Waals surface area contributed by atoms with Crippen molar-refractivity contribution in [2.45, 2.75) is 38.5 Å². The van der Waals surface area contributed by atoms with Crippen LogP contribution in [-0.4, -0.2) is 5.78 Å². The van der Waals surface area contributed by atoms with E-state index in [1.165, 1.54) is 11.1 Å². The number of benzene rings is 2. The lowest BCUT2D eigenvalue weighted by atomic mass is 9.68. The molecule has 1 nitrogen and oxygen atoms in total. The van der Waals surface area contributed by atoms with Crippen LogP contribution in [0.25, 0.3) is 0 Å². The average molecular weight is 266 g/mol. The minimum atomic E-state index is -0.191. The standard InChI is InChI=1S/C19H22O/c1-3-14-19(15-16(2)20,17-10-6-4-7-11-17)18-12-8-5-9-13-18/h4-13H,3,14-15H2,1-2H3. The Morgan fingerprint density at radius 2 is 1.35 bits per heavy atom. The van der Waals surface area contributed by atoms with Crippen LogP contribution >= 0.6 is 0 Å². The van der Waals surface area contributed by atoms with Gasteiger partial charge in [-0.25, -0.2) is 0 Å². The molecule has 0 N–H and O–H groups in total. The zero-order chi connectivity index (χ0) is 14.4. The molecule has 20 heavy (non-hydrogen) atoms. The molecular weight excluding hydrogens is 244 g/mol. The number of hydrogen-bond acceptors (Lipinski definition) is 1. The first-order valence-electron chi connectivity index (χ1n) is 7.29. The fraction of sp³-hybridized carbons (Fsp3) is 0.316. The molecule has 0 radical (unpaired) electrons. The van der Waals surface area contributed by atoms with Crippen molar-refractivity contribution in [2.75, 3.05) is 0 Å². The van der Waals surface area contributed by atoms with Crippen LogP contribution in [0.15, 0.2) is 60.7 Å². The van der Waals surface area contributed by atoms with Gasteiger partial charge in [-0.15, -0.1) is 0 Å². The van der Waals surface area contributed by atoms with Gasteiger partial charge in [0.2, 0.25) is 0 Å². The summed E-state index contributed by atoms with van der Waals surface area (Å²) in [7, 11) is 0. The number of ketones is 1. The summed E-state index contributed by atoms with van der Waals surface area (Å²) in [5, 5.41) is 0. The molecule has 0 saturated carbocycles. The van der Waals surface area contributed by atoms with Crippen molar-refractivity contribution in [2.24, 2.45) is 0 Å². The molecular formula is C19H22O. The van der Waals surface area contributed by atoms with Gasteiger partial charge in [-0.05, 0) is 24.5 Å². The number of carbonyl (C=O) groups excluding carboxylic acids is 1. The molecule has 0 bridgehead atoms. The molecule has 0 amide bonds. The van der Waals surface area contributed by atoms with Gasteiger partial charge in [0.1, 0.15) is 5.78 Å². The van der Waals surface area contributed by atoms with E-state index in [-0.39, 0.29) is 11.2 Å². The highest BCUT2D eigenvalue weighted by atomic mass is 16.1. The fourth-order valence-corrected chi connectivity index (χ4v) is 3.11. The molecule has 2 aromatic carbocycles. The van der Waals surface area contributed by atoms with Gasteiger partial charge < -0.3 is 0 Å².